The Bertz CT molecular complexity index is 1200. The van der Waals surface area contributed by atoms with E-state index in [-0.39, 0.29) is 32.0 Å². The van der Waals surface area contributed by atoms with Gasteiger partial charge in [0.1, 0.15) is 36.4 Å². The van der Waals surface area contributed by atoms with Gasteiger partial charge in [0.25, 0.3) is 0 Å². The van der Waals surface area contributed by atoms with Crippen molar-refractivity contribution < 1.29 is 38.5 Å². The van der Waals surface area contributed by atoms with Crippen LogP contribution in [0.3, 0.4) is 0 Å². The fraction of sp³-hybridized carbons (Fsp3) is 0.419. The summed E-state index contributed by atoms with van der Waals surface area (Å²) in [5, 5.41) is 13.2. The second-order valence-corrected chi connectivity index (χ2v) is 10.6. The van der Waals surface area contributed by atoms with Crippen molar-refractivity contribution in [1.82, 2.24) is 5.32 Å². The largest absolute Gasteiger partial charge is 0.489 e. The number of ether oxygens (including phenoxy) is 3. The van der Waals surface area contributed by atoms with Crippen molar-refractivity contribution >= 4 is 23.3 Å². The third-order valence-electron chi connectivity index (χ3n) is 6.78. The van der Waals surface area contributed by atoms with Crippen LogP contribution in [-0.2, 0) is 36.9 Å². The van der Waals surface area contributed by atoms with Gasteiger partial charge in [-0.3, -0.25) is 14.4 Å². The molecule has 3 rings (SSSR count). The number of hydrogen-bond acceptors (Lipinski definition) is 9. The van der Waals surface area contributed by atoms with Gasteiger partial charge in [-0.1, -0.05) is 50.8 Å². The molecule has 1 fully saturated rings. The third-order valence-corrected chi connectivity index (χ3v) is 6.78. The van der Waals surface area contributed by atoms with Crippen molar-refractivity contribution in [2.24, 2.45) is 11.3 Å². The molecule has 214 valence electrons. The zero-order valence-electron chi connectivity index (χ0n) is 23.2. The number of aliphatic hydroxyl groups excluding tert-OH is 1. The standard InChI is InChI=1S/C31H37NO8/c1-5-14-38-27(36)19-40-25-12-8-22(9-13-25)18-39-24-10-6-21(7-11-24)15-23(17-33)32-30-29(37)28(20(2)34)26(35)16-31(30,3)4/h5-13,23,28,30,32-33H,1,14-19H2,2-4H3/t23-,28?,30?/m0/s1. The number of aliphatic hydroxyl groups is 1. The predicted molar refractivity (Wildman–Crippen MR) is 148 cm³/mol. The average Bonchev–Trinajstić information content (AvgIpc) is 2.91. The number of carbonyl (C=O) groups is 4. The molecule has 0 aliphatic heterocycles. The summed E-state index contributed by atoms with van der Waals surface area (Å²) in [5.74, 6) is -1.73. The summed E-state index contributed by atoms with van der Waals surface area (Å²) in [6.07, 6.45) is 2.05. The van der Waals surface area contributed by atoms with Gasteiger partial charge in [0.15, 0.2) is 18.2 Å². The lowest BCUT2D eigenvalue weighted by molar-refractivity contribution is -0.147. The summed E-state index contributed by atoms with van der Waals surface area (Å²) in [6, 6.07) is 13.5. The van der Waals surface area contributed by atoms with Crippen molar-refractivity contribution in [2.45, 2.75) is 52.3 Å². The fourth-order valence-corrected chi connectivity index (χ4v) is 4.70. The molecule has 0 amide bonds. The van der Waals surface area contributed by atoms with Crippen LogP contribution in [0.5, 0.6) is 11.5 Å². The number of benzene rings is 2. The van der Waals surface area contributed by atoms with E-state index in [1.807, 2.05) is 50.2 Å². The maximum atomic E-state index is 13.0. The molecule has 3 atom stereocenters. The molecule has 40 heavy (non-hydrogen) atoms. The number of Topliss-reactive ketones (excluding diaryl/α,β-unsaturated/α-hetero) is 3. The second kappa shape index (κ2) is 14.0. The van der Waals surface area contributed by atoms with Crippen molar-refractivity contribution in [1.29, 1.82) is 0 Å². The van der Waals surface area contributed by atoms with Gasteiger partial charge < -0.3 is 24.6 Å². The van der Waals surface area contributed by atoms with Crippen LogP contribution >= 0.6 is 0 Å². The lowest BCUT2D eigenvalue weighted by Crippen LogP contribution is -2.60. The Morgan fingerprint density at radius 1 is 1.05 bits per heavy atom. The zero-order valence-corrected chi connectivity index (χ0v) is 23.2. The summed E-state index contributed by atoms with van der Waals surface area (Å²) >= 11 is 0. The van der Waals surface area contributed by atoms with E-state index in [9.17, 15) is 24.3 Å². The van der Waals surface area contributed by atoms with Gasteiger partial charge in [-0.15, -0.1) is 0 Å². The molecule has 2 unspecified atom stereocenters. The van der Waals surface area contributed by atoms with Crippen molar-refractivity contribution in [3.8, 4) is 11.5 Å². The van der Waals surface area contributed by atoms with E-state index in [0.29, 0.717) is 24.5 Å². The lowest BCUT2D eigenvalue weighted by atomic mass is 9.66. The Morgan fingerprint density at radius 2 is 1.65 bits per heavy atom. The van der Waals surface area contributed by atoms with Crippen LogP contribution < -0.4 is 14.8 Å². The topological polar surface area (TPSA) is 128 Å². The molecule has 0 bridgehead atoms. The van der Waals surface area contributed by atoms with E-state index in [1.165, 1.54) is 13.0 Å². The molecular weight excluding hydrogens is 514 g/mol. The molecule has 2 aromatic carbocycles. The van der Waals surface area contributed by atoms with Gasteiger partial charge in [0.2, 0.25) is 0 Å². The molecule has 0 saturated heterocycles. The summed E-state index contributed by atoms with van der Waals surface area (Å²) in [5.41, 5.74) is 1.16. The molecule has 9 nitrogen and oxygen atoms in total. The van der Waals surface area contributed by atoms with Gasteiger partial charge in [-0.25, -0.2) is 4.79 Å². The minimum atomic E-state index is -1.24. The molecule has 1 saturated carbocycles. The van der Waals surface area contributed by atoms with Crippen molar-refractivity contribution in [3.05, 3.63) is 72.3 Å². The molecule has 1 aliphatic rings. The van der Waals surface area contributed by atoms with Gasteiger partial charge >= 0.3 is 5.97 Å². The SMILES string of the molecule is C=CCOC(=O)COc1ccc(COc2ccc(C[C@@H](CO)NC3C(=O)C(C(C)=O)C(=O)CC3(C)C)cc2)cc1. The average molecular weight is 552 g/mol. The smallest absolute Gasteiger partial charge is 0.344 e. The van der Waals surface area contributed by atoms with Crippen LogP contribution in [0.4, 0.5) is 0 Å². The van der Waals surface area contributed by atoms with E-state index in [2.05, 4.69) is 11.9 Å². The summed E-state index contributed by atoms with van der Waals surface area (Å²) in [6.45, 7) is 8.46. The first kappa shape index (κ1) is 30.7. The highest BCUT2D eigenvalue weighted by molar-refractivity contribution is 6.22. The normalized spacial score (nSPS) is 19.0. The number of ketones is 3. The molecule has 0 radical (unpaired) electrons. The molecule has 0 aromatic heterocycles. The van der Waals surface area contributed by atoms with E-state index in [4.69, 9.17) is 14.2 Å². The molecule has 9 heteroatoms. The van der Waals surface area contributed by atoms with E-state index < -0.39 is 41.0 Å². The number of esters is 1. The van der Waals surface area contributed by atoms with Gasteiger partial charge in [-0.2, -0.15) is 0 Å². The maximum absolute atomic E-state index is 13.0. The Kier molecular flexibility index (Phi) is 10.8. The Labute approximate surface area is 234 Å². The lowest BCUT2D eigenvalue weighted by Gasteiger charge is -2.41. The highest BCUT2D eigenvalue weighted by atomic mass is 16.6. The van der Waals surface area contributed by atoms with Crippen LogP contribution in [0.25, 0.3) is 0 Å². The van der Waals surface area contributed by atoms with Crippen LogP contribution in [0.1, 0.15) is 38.3 Å². The zero-order chi connectivity index (χ0) is 29.3. The fourth-order valence-electron chi connectivity index (χ4n) is 4.70. The predicted octanol–water partition coefficient (Wildman–Crippen LogP) is 3.01. The number of hydrogen-bond donors (Lipinski definition) is 2. The van der Waals surface area contributed by atoms with Crippen LogP contribution in [0.15, 0.2) is 61.2 Å². The first-order valence-electron chi connectivity index (χ1n) is 13.2. The van der Waals surface area contributed by atoms with Crippen molar-refractivity contribution in [3.63, 3.8) is 0 Å². The number of nitrogens with one attached hydrogen (secondary N) is 1. The molecular formula is C31H37NO8. The van der Waals surface area contributed by atoms with Crippen LogP contribution in [0.2, 0.25) is 0 Å². The van der Waals surface area contributed by atoms with E-state index >= 15 is 0 Å². The van der Waals surface area contributed by atoms with Crippen LogP contribution in [0, 0.1) is 11.3 Å². The highest BCUT2D eigenvalue weighted by Crippen LogP contribution is 2.35. The van der Waals surface area contributed by atoms with E-state index in [0.717, 1.165) is 11.1 Å². The van der Waals surface area contributed by atoms with Gasteiger partial charge in [0.05, 0.1) is 12.6 Å². The number of rotatable bonds is 14. The van der Waals surface area contributed by atoms with E-state index in [1.54, 1.807) is 12.1 Å². The molecule has 0 spiro atoms. The first-order chi connectivity index (χ1) is 19.0. The highest BCUT2D eigenvalue weighted by Gasteiger charge is 2.49. The quantitative estimate of drug-likeness (QED) is 0.207. The Morgan fingerprint density at radius 3 is 2.23 bits per heavy atom. The molecule has 2 aromatic rings. The van der Waals surface area contributed by atoms with Gasteiger partial charge in [-0.05, 0) is 54.2 Å². The first-order valence-corrected chi connectivity index (χ1v) is 13.2. The van der Waals surface area contributed by atoms with Crippen LogP contribution in [-0.4, -0.2) is 60.3 Å². The van der Waals surface area contributed by atoms with Gasteiger partial charge in [0, 0.05) is 12.5 Å². The minimum Gasteiger partial charge on any atom is -0.489 e. The minimum absolute atomic E-state index is 0.116. The Balaban J connectivity index is 1.52. The molecule has 2 N–H and O–H groups in total. The maximum Gasteiger partial charge on any atom is 0.344 e. The second-order valence-electron chi connectivity index (χ2n) is 10.6. The summed E-state index contributed by atoms with van der Waals surface area (Å²) in [7, 11) is 0. The summed E-state index contributed by atoms with van der Waals surface area (Å²) in [4.78, 5) is 48.8. The van der Waals surface area contributed by atoms with Crippen molar-refractivity contribution in [2.75, 3.05) is 19.8 Å². The molecule has 0 heterocycles. The third kappa shape index (κ3) is 8.34. The Hall–Kier alpha value is -3.82. The molecule has 1 aliphatic carbocycles. The monoisotopic (exact) mass is 551 g/mol. The number of carbonyl (C=O) groups excluding carboxylic acids is 4. The summed E-state index contributed by atoms with van der Waals surface area (Å²) < 4.78 is 16.1.